The van der Waals surface area contributed by atoms with Crippen LogP contribution in [0.15, 0.2) is 12.2 Å². The predicted molar refractivity (Wildman–Crippen MR) is 180 cm³/mol. The number of aliphatic hydroxyl groups is 1. The molecule has 0 saturated heterocycles. The molecule has 0 bridgehead atoms. The quantitative estimate of drug-likeness (QED) is 0.0612. The van der Waals surface area contributed by atoms with Gasteiger partial charge in [0.2, 0.25) is 0 Å². The van der Waals surface area contributed by atoms with E-state index < -0.39 is 0 Å². The minimum atomic E-state index is 0.219. The fourth-order valence-corrected chi connectivity index (χ4v) is 5.90. The number of ether oxygens (including phenoxy) is 1. The van der Waals surface area contributed by atoms with Crippen molar-refractivity contribution in [2.24, 2.45) is 5.92 Å². The van der Waals surface area contributed by atoms with Crippen LogP contribution in [0.5, 0.6) is 0 Å². The molecule has 0 aromatic carbocycles. The van der Waals surface area contributed by atoms with Crippen LogP contribution in [0.2, 0.25) is 0 Å². The fourth-order valence-electron chi connectivity index (χ4n) is 5.90. The van der Waals surface area contributed by atoms with Gasteiger partial charge in [-0.05, 0) is 25.7 Å². The Morgan fingerprint density at radius 2 is 0.825 bits per heavy atom. The number of hydrogen-bond acceptors (Lipinski definition) is 2. The molecule has 0 radical (unpaired) electrons. The van der Waals surface area contributed by atoms with E-state index >= 15 is 0 Å². The van der Waals surface area contributed by atoms with Crippen LogP contribution in [-0.2, 0) is 4.74 Å². The summed E-state index contributed by atoms with van der Waals surface area (Å²) in [6.07, 6.45) is 41.1. The topological polar surface area (TPSA) is 29.5 Å². The molecule has 0 aliphatic rings. The molecule has 1 unspecified atom stereocenters. The molecule has 0 rings (SSSR count). The Bertz CT molecular complexity index is 474. The molecule has 0 saturated carbocycles. The van der Waals surface area contributed by atoms with Crippen molar-refractivity contribution in [3.05, 3.63) is 12.2 Å². The molecule has 0 amide bonds. The van der Waals surface area contributed by atoms with Gasteiger partial charge in [0, 0.05) is 19.1 Å². The Kier molecular flexibility index (Phi) is 34.6. The highest BCUT2D eigenvalue weighted by Crippen LogP contribution is 2.19. The standard InChI is InChI=1S/C38H76O2/c1-4-6-8-10-12-14-16-18-20-22-24-26-28-30-32-37(3)34-38(35-39)36-40-33-31-29-27-25-23-21-19-17-15-13-11-9-7-5-2/h38-39H,3-36H2,1-2H3. The largest absolute Gasteiger partial charge is 0.396 e. The van der Waals surface area contributed by atoms with Crippen LogP contribution in [0.3, 0.4) is 0 Å². The van der Waals surface area contributed by atoms with Gasteiger partial charge in [-0.25, -0.2) is 0 Å². The lowest BCUT2D eigenvalue weighted by molar-refractivity contribution is 0.0703. The van der Waals surface area contributed by atoms with Gasteiger partial charge >= 0.3 is 0 Å². The molecule has 1 atom stereocenters. The number of allylic oxidation sites excluding steroid dienone is 1. The Balaban J connectivity index is 3.38. The summed E-state index contributed by atoms with van der Waals surface area (Å²) in [4.78, 5) is 0. The van der Waals surface area contributed by atoms with Crippen LogP contribution in [0.4, 0.5) is 0 Å². The van der Waals surface area contributed by atoms with Crippen LogP contribution in [-0.4, -0.2) is 24.9 Å². The summed E-state index contributed by atoms with van der Waals surface area (Å²) in [6, 6.07) is 0. The molecule has 0 aliphatic carbocycles. The maximum absolute atomic E-state index is 9.77. The van der Waals surface area contributed by atoms with Gasteiger partial charge in [-0.2, -0.15) is 0 Å². The third-order valence-electron chi connectivity index (χ3n) is 8.72. The minimum absolute atomic E-state index is 0.219. The van der Waals surface area contributed by atoms with E-state index in [4.69, 9.17) is 4.74 Å². The highest BCUT2D eigenvalue weighted by Gasteiger charge is 2.10. The summed E-state index contributed by atoms with van der Waals surface area (Å²) in [7, 11) is 0. The Hall–Kier alpha value is -0.340. The normalized spacial score (nSPS) is 12.3. The first-order valence-electron chi connectivity index (χ1n) is 18.6. The van der Waals surface area contributed by atoms with Gasteiger partial charge in [0.25, 0.3) is 0 Å². The van der Waals surface area contributed by atoms with Crippen molar-refractivity contribution in [2.75, 3.05) is 19.8 Å². The van der Waals surface area contributed by atoms with Crippen LogP contribution < -0.4 is 0 Å². The van der Waals surface area contributed by atoms with Crippen molar-refractivity contribution < 1.29 is 9.84 Å². The summed E-state index contributed by atoms with van der Waals surface area (Å²) < 4.78 is 5.92. The third kappa shape index (κ3) is 32.2. The van der Waals surface area contributed by atoms with Gasteiger partial charge < -0.3 is 9.84 Å². The van der Waals surface area contributed by atoms with E-state index in [0.717, 1.165) is 25.9 Å². The van der Waals surface area contributed by atoms with E-state index in [1.54, 1.807) is 0 Å². The van der Waals surface area contributed by atoms with Crippen molar-refractivity contribution in [3.63, 3.8) is 0 Å². The number of unbranched alkanes of at least 4 members (excludes halogenated alkanes) is 26. The fraction of sp³-hybridized carbons (Fsp3) is 0.947. The summed E-state index contributed by atoms with van der Waals surface area (Å²) >= 11 is 0. The van der Waals surface area contributed by atoms with E-state index in [9.17, 15) is 5.11 Å². The molecule has 0 aromatic heterocycles. The van der Waals surface area contributed by atoms with Crippen LogP contribution in [0, 0.1) is 5.92 Å². The Morgan fingerprint density at radius 3 is 1.18 bits per heavy atom. The van der Waals surface area contributed by atoms with Crippen molar-refractivity contribution in [1.82, 2.24) is 0 Å². The van der Waals surface area contributed by atoms with Gasteiger partial charge in [0.1, 0.15) is 0 Å². The smallest absolute Gasteiger partial charge is 0.0519 e. The molecular formula is C38H76O2. The maximum Gasteiger partial charge on any atom is 0.0519 e. The van der Waals surface area contributed by atoms with E-state index in [0.29, 0.717) is 6.61 Å². The van der Waals surface area contributed by atoms with E-state index in [1.165, 1.54) is 179 Å². The van der Waals surface area contributed by atoms with Gasteiger partial charge in [0.15, 0.2) is 0 Å². The molecule has 2 nitrogen and oxygen atoms in total. The molecule has 0 spiro atoms. The highest BCUT2D eigenvalue weighted by atomic mass is 16.5. The molecule has 1 N–H and O–H groups in total. The number of hydrogen-bond donors (Lipinski definition) is 1. The minimum Gasteiger partial charge on any atom is -0.396 e. The van der Waals surface area contributed by atoms with Gasteiger partial charge in [-0.15, -0.1) is 0 Å². The second-order valence-electron chi connectivity index (χ2n) is 13.0. The van der Waals surface area contributed by atoms with Crippen LogP contribution >= 0.6 is 0 Å². The SMILES string of the molecule is C=C(CCCCCCCCCCCCCCCC)CC(CO)COCCCCCCCCCCCCCCCC. The summed E-state index contributed by atoms with van der Waals surface area (Å²) in [5, 5.41) is 9.77. The van der Waals surface area contributed by atoms with Crippen LogP contribution in [0.1, 0.15) is 206 Å². The zero-order valence-corrected chi connectivity index (χ0v) is 28.0. The summed E-state index contributed by atoms with van der Waals surface area (Å²) in [5.41, 5.74) is 1.30. The number of aliphatic hydroxyl groups excluding tert-OH is 1. The predicted octanol–water partition coefficient (Wildman–Crippen LogP) is 12.9. The van der Waals surface area contributed by atoms with Crippen molar-refractivity contribution in [2.45, 2.75) is 206 Å². The molecule has 0 heterocycles. The lowest BCUT2D eigenvalue weighted by Gasteiger charge is -2.16. The first-order chi connectivity index (χ1) is 19.7. The third-order valence-corrected chi connectivity index (χ3v) is 8.72. The van der Waals surface area contributed by atoms with Gasteiger partial charge in [-0.3, -0.25) is 0 Å². The Labute approximate surface area is 253 Å². The molecule has 0 aliphatic heterocycles. The maximum atomic E-state index is 9.77. The second-order valence-corrected chi connectivity index (χ2v) is 13.0. The number of rotatable bonds is 35. The highest BCUT2D eigenvalue weighted by molar-refractivity contribution is 4.95. The lowest BCUT2D eigenvalue weighted by Crippen LogP contribution is -2.15. The first kappa shape index (κ1) is 39.7. The second kappa shape index (κ2) is 34.9. The molecule has 40 heavy (non-hydrogen) atoms. The van der Waals surface area contributed by atoms with Crippen molar-refractivity contribution in [3.8, 4) is 0 Å². The van der Waals surface area contributed by atoms with Gasteiger partial charge in [0.05, 0.1) is 6.61 Å². The van der Waals surface area contributed by atoms with E-state index in [1.807, 2.05) is 0 Å². The first-order valence-corrected chi connectivity index (χ1v) is 18.6. The average Bonchev–Trinajstić information content (AvgIpc) is 2.96. The summed E-state index contributed by atoms with van der Waals surface area (Å²) in [6.45, 7) is 10.6. The van der Waals surface area contributed by atoms with Crippen molar-refractivity contribution in [1.29, 1.82) is 0 Å². The molecule has 2 heteroatoms. The summed E-state index contributed by atoms with van der Waals surface area (Å²) in [5.74, 6) is 0.228. The van der Waals surface area contributed by atoms with Crippen LogP contribution in [0.25, 0.3) is 0 Å². The molecule has 0 aromatic rings. The van der Waals surface area contributed by atoms with E-state index in [2.05, 4.69) is 20.4 Å². The zero-order valence-electron chi connectivity index (χ0n) is 28.0. The monoisotopic (exact) mass is 565 g/mol. The average molecular weight is 565 g/mol. The molecular weight excluding hydrogens is 488 g/mol. The van der Waals surface area contributed by atoms with Gasteiger partial charge in [-0.1, -0.05) is 193 Å². The van der Waals surface area contributed by atoms with E-state index in [-0.39, 0.29) is 12.5 Å². The zero-order chi connectivity index (χ0) is 29.2. The van der Waals surface area contributed by atoms with Crippen molar-refractivity contribution >= 4 is 0 Å². The lowest BCUT2D eigenvalue weighted by atomic mass is 9.97. The molecule has 240 valence electrons. The molecule has 0 fully saturated rings. The Morgan fingerprint density at radius 1 is 0.500 bits per heavy atom.